The normalized spacial score (nSPS) is 17.0. The van der Waals surface area contributed by atoms with E-state index in [0.29, 0.717) is 45.5 Å². The van der Waals surface area contributed by atoms with Crippen LogP contribution in [0, 0.1) is 0 Å². The fourth-order valence-corrected chi connectivity index (χ4v) is 6.71. The summed E-state index contributed by atoms with van der Waals surface area (Å²) in [5.41, 5.74) is 14.5. The fraction of sp³-hybridized carbons (Fsp3) is 0.375. The van der Waals surface area contributed by atoms with Crippen LogP contribution in [0.25, 0.3) is 10.8 Å². The maximum atomic E-state index is 14.4. The summed E-state index contributed by atoms with van der Waals surface area (Å²) in [4.78, 5) is 33.6. The quantitative estimate of drug-likeness (QED) is 0.0731. The van der Waals surface area contributed by atoms with Gasteiger partial charge in [0.05, 0.1) is 18.7 Å². The Morgan fingerprint density at radius 3 is 2.29 bits per heavy atom. The summed E-state index contributed by atoms with van der Waals surface area (Å²) in [6.45, 7) is 3.93. The van der Waals surface area contributed by atoms with E-state index >= 15 is 0 Å². The van der Waals surface area contributed by atoms with Gasteiger partial charge in [0.25, 0.3) is 0 Å². The molecule has 1 saturated heterocycles. The van der Waals surface area contributed by atoms with Gasteiger partial charge in [0.15, 0.2) is 5.96 Å². The highest BCUT2D eigenvalue weighted by atomic mass is 16.5. The van der Waals surface area contributed by atoms with Crippen LogP contribution in [0.2, 0.25) is 0 Å². The minimum Gasteiger partial charge on any atom is -0.450 e. The standard InChI is InChI=1S/C40H50N6O3/c1-2-25-49-40(48)45-37(27-29-20-21-30-13-9-10-18-33(30)26-29)35-22-24-46(38(47)36(44-35)19-11-12-23-43-39(41)42)28-34(31-14-5-3-6-15-31)32-16-7-4-8-17-32/h3-10,13-18,20-21,26,34-37,44H,2,11-12,19,22-25,27-28H2,1H3,(H,45,48)(H4,41,42,43)/t35-,36-,37-/m0/s1. The van der Waals surface area contributed by atoms with Gasteiger partial charge in [0.1, 0.15) is 0 Å². The molecule has 0 bridgehead atoms. The van der Waals surface area contributed by atoms with Crippen LogP contribution in [0.15, 0.2) is 108 Å². The Balaban J connectivity index is 1.42. The molecule has 0 unspecified atom stereocenters. The largest absolute Gasteiger partial charge is 0.450 e. The molecule has 4 aromatic rings. The molecular formula is C40H50N6O3. The molecule has 0 spiro atoms. The number of carbonyl (C=O) groups excluding carboxylic acids is 2. The van der Waals surface area contributed by atoms with E-state index in [2.05, 4.69) is 70.2 Å². The third-order valence-electron chi connectivity index (χ3n) is 9.23. The van der Waals surface area contributed by atoms with Crippen molar-refractivity contribution >= 4 is 28.7 Å². The highest BCUT2D eigenvalue weighted by Crippen LogP contribution is 2.28. The number of hydrogen-bond acceptors (Lipinski definition) is 5. The predicted octanol–water partition coefficient (Wildman–Crippen LogP) is 5.72. The Morgan fingerprint density at radius 1 is 0.939 bits per heavy atom. The molecule has 1 heterocycles. The maximum absolute atomic E-state index is 14.4. The lowest BCUT2D eigenvalue weighted by atomic mass is 9.90. The molecule has 1 aliphatic heterocycles. The summed E-state index contributed by atoms with van der Waals surface area (Å²) < 4.78 is 5.49. The zero-order chi connectivity index (χ0) is 34.4. The monoisotopic (exact) mass is 662 g/mol. The number of hydrogen-bond donors (Lipinski definition) is 4. The Labute approximate surface area is 290 Å². The number of rotatable bonds is 15. The zero-order valence-corrected chi connectivity index (χ0v) is 28.5. The molecule has 1 fully saturated rings. The highest BCUT2D eigenvalue weighted by Gasteiger charge is 2.36. The molecular weight excluding hydrogens is 612 g/mol. The molecule has 5 rings (SSSR count). The molecule has 9 nitrogen and oxygen atoms in total. The van der Waals surface area contributed by atoms with Gasteiger partial charge >= 0.3 is 6.09 Å². The molecule has 0 saturated carbocycles. The first-order chi connectivity index (χ1) is 23.9. The molecule has 9 heteroatoms. The minimum atomic E-state index is -0.441. The molecule has 0 aliphatic carbocycles. The fourth-order valence-electron chi connectivity index (χ4n) is 6.71. The molecule has 1 aliphatic rings. The first kappa shape index (κ1) is 35.4. The first-order valence-electron chi connectivity index (χ1n) is 17.5. The summed E-state index contributed by atoms with van der Waals surface area (Å²) in [6.07, 6.45) is 3.69. The zero-order valence-electron chi connectivity index (χ0n) is 28.5. The van der Waals surface area contributed by atoms with Gasteiger partial charge in [-0.25, -0.2) is 4.79 Å². The number of amides is 2. The van der Waals surface area contributed by atoms with Crippen molar-refractivity contribution in [2.75, 3.05) is 26.2 Å². The lowest BCUT2D eigenvalue weighted by molar-refractivity contribution is -0.133. The van der Waals surface area contributed by atoms with E-state index in [-0.39, 0.29) is 29.9 Å². The van der Waals surface area contributed by atoms with E-state index in [4.69, 9.17) is 16.2 Å². The number of ether oxygens (including phenoxy) is 1. The maximum Gasteiger partial charge on any atom is 0.407 e. The van der Waals surface area contributed by atoms with E-state index in [0.717, 1.165) is 30.2 Å². The van der Waals surface area contributed by atoms with Crippen LogP contribution in [0.5, 0.6) is 0 Å². The molecule has 2 amide bonds. The van der Waals surface area contributed by atoms with Crippen molar-refractivity contribution < 1.29 is 14.3 Å². The summed E-state index contributed by atoms with van der Waals surface area (Å²) in [5.74, 6) is 0.153. The Hall–Kier alpha value is -4.89. The summed E-state index contributed by atoms with van der Waals surface area (Å²) >= 11 is 0. The predicted molar refractivity (Wildman–Crippen MR) is 197 cm³/mol. The van der Waals surface area contributed by atoms with Crippen molar-refractivity contribution in [1.29, 1.82) is 0 Å². The van der Waals surface area contributed by atoms with Crippen molar-refractivity contribution in [3.8, 4) is 0 Å². The lowest BCUT2D eigenvalue weighted by Gasteiger charge is -2.30. The van der Waals surface area contributed by atoms with E-state index in [1.807, 2.05) is 60.4 Å². The smallest absolute Gasteiger partial charge is 0.407 e. The van der Waals surface area contributed by atoms with Crippen LogP contribution in [-0.2, 0) is 16.0 Å². The number of nitrogens with one attached hydrogen (secondary N) is 2. The summed E-state index contributed by atoms with van der Waals surface area (Å²) in [7, 11) is 0. The molecule has 4 aromatic carbocycles. The molecule has 6 N–H and O–H groups in total. The number of nitrogens with zero attached hydrogens (tertiary/aromatic N) is 2. The Bertz CT molecular complexity index is 1620. The first-order valence-corrected chi connectivity index (χ1v) is 17.5. The summed E-state index contributed by atoms with van der Waals surface area (Å²) in [5, 5.41) is 9.21. The molecule has 3 atom stereocenters. The van der Waals surface area contributed by atoms with Gasteiger partial charge in [-0.05, 0) is 66.0 Å². The van der Waals surface area contributed by atoms with E-state index in [1.54, 1.807) is 0 Å². The van der Waals surface area contributed by atoms with Crippen LogP contribution < -0.4 is 22.1 Å². The van der Waals surface area contributed by atoms with Gasteiger partial charge in [0, 0.05) is 31.6 Å². The lowest BCUT2D eigenvalue weighted by Crippen LogP contribution is -2.55. The number of unbranched alkanes of at least 4 members (excludes halogenated alkanes) is 1. The second kappa shape index (κ2) is 18.0. The van der Waals surface area contributed by atoms with Crippen LogP contribution in [0.1, 0.15) is 61.6 Å². The average Bonchev–Trinajstić information content (AvgIpc) is 3.27. The van der Waals surface area contributed by atoms with Gasteiger partial charge in [-0.1, -0.05) is 110 Å². The Kier molecular flexibility index (Phi) is 13.0. The van der Waals surface area contributed by atoms with Gasteiger partial charge < -0.3 is 31.7 Å². The van der Waals surface area contributed by atoms with Crippen molar-refractivity contribution in [3.05, 3.63) is 120 Å². The number of benzene rings is 4. The second-order valence-electron chi connectivity index (χ2n) is 12.8. The van der Waals surface area contributed by atoms with E-state index in [9.17, 15) is 9.59 Å². The summed E-state index contributed by atoms with van der Waals surface area (Å²) in [6, 6.07) is 34.5. The molecule has 258 valence electrons. The average molecular weight is 663 g/mol. The third-order valence-corrected chi connectivity index (χ3v) is 9.23. The number of nitrogens with two attached hydrogens (primary N) is 2. The van der Waals surface area contributed by atoms with Crippen LogP contribution >= 0.6 is 0 Å². The van der Waals surface area contributed by atoms with E-state index < -0.39 is 12.1 Å². The van der Waals surface area contributed by atoms with Gasteiger partial charge in [-0.2, -0.15) is 0 Å². The number of guanidine groups is 1. The van der Waals surface area contributed by atoms with Gasteiger partial charge in [-0.3, -0.25) is 9.79 Å². The molecule has 0 aromatic heterocycles. The van der Waals surface area contributed by atoms with Crippen molar-refractivity contribution in [3.63, 3.8) is 0 Å². The SMILES string of the molecule is CCCOC(=O)N[C@@H](Cc1ccc2ccccc2c1)[C@@H]1CCN(CC(c2ccccc2)c2ccccc2)C(=O)[C@H](CCCCN=C(N)N)N1. The number of carbonyl (C=O) groups is 2. The molecule has 0 radical (unpaired) electrons. The highest BCUT2D eigenvalue weighted by molar-refractivity contribution is 5.83. The number of alkyl carbamates (subject to hydrolysis) is 1. The van der Waals surface area contributed by atoms with Gasteiger partial charge in [0.2, 0.25) is 5.91 Å². The third kappa shape index (κ3) is 10.3. The second-order valence-corrected chi connectivity index (χ2v) is 12.8. The van der Waals surface area contributed by atoms with Crippen molar-refractivity contribution in [2.45, 2.75) is 69.5 Å². The van der Waals surface area contributed by atoms with E-state index in [1.165, 1.54) is 16.5 Å². The van der Waals surface area contributed by atoms with Crippen molar-refractivity contribution in [1.82, 2.24) is 15.5 Å². The van der Waals surface area contributed by atoms with Crippen LogP contribution in [0.4, 0.5) is 4.79 Å². The van der Waals surface area contributed by atoms with Crippen LogP contribution in [0.3, 0.4) is 0 Å². The minimum absolute atomic E-state index is 0.0148. The Morgan fingerprint density at radius 2 is 1.61 bits per heavy atom. The molecule has 49 heavy (non-hydrogen) atoms. The number of fused-ring (bicyclic) bond motifs is 1. The topological polar surface area (TPSA) is 135 Å². The van der Waals surface area contributed by atoms with Gasteiger partial charge in [-0.15, -0.1) is 0 Å². The van der Waals surface area contributed by atoms with Crippen LogP contribution in [-0.4, -0.2) is 67.2 Å². The number of aliphatic imine (C=N–C) groups is 1. The van der Waals surface area contributed by atoms with Crippen molar-refractivity contribution in [2.24, 2.45) is 16.5 Å².